The predicted octanol–water partition coefficient (Wildman–Crippen LogP) is 2.69. The van der Waals surface area contributed by atoms with Gasteiger partial charge in [0.05, 0.1) is 0 Å². The second-order valence-electron chi connectivity index (χ2n) is 5.67. The van der Waals surface area contributed by atoms with Gasteiger partial charge in [-0.1, -0.05) is 11.6 Å². The number of aryl methyl sites for hydroxylation is 1. The van der Waals surface area contributed by atoms with Crippen molar-refractivity contribution in [3.8, 4) is 5.75 Å². The molecular weight excluding hydrogens is 290 g/mol. The molecule has 1 saturated carbocycles. The van der Waals surface area contributed by atoms with Crippen molar-refractivity contribution in [1.82, 2.24) is 5.32 Å². The van der Waals surface area contributed by atoms with Crippen molar-refractivity contribution in [2.24, 2.45) is 5.92 Å². The molecule has 0 unspecified atom stereocenters. The Morgan fingerprint density at radius 3 is 2.71 bits per heavy atom. The number of nitrogens with one attached hydrogen (secondary N) is 1. The van der Waals surface area contributed by atoms with E-state index >= 15 is 0 Å². The van der Waals surface area contributed by atoms with Crippen molar-refractivity contribution < 1.29 is 14.6 Å². The Morgan fingerprint density at radius 2 is 2.10 bits per heavy atom. The number of hydrogen-bond donors (Lipinski definition) is 2. The molecular formula is C16H22ClNO3. The second kappa shape index (κ2) is 7.66. The summed E-state index contributed by atoms with van der Waals surface area (Å²) in [4.78, 5) is 11.9. The number of carbonyl (C=O) groups excluding carboxylic acids is 1. The molecule has 1 fully saturated rings. The normalized spacial score (nSPS) is 21.9. The third kappa shape index (κ3) is 4.90. The third-order valence-corrected chi connectivity index (χ3v) is 4.20. The van der Waals surface area contributed by atoms with E-state index in [1.807, 2.05) is 13.0 Å². The van der Waals surface area contributed by atoms with Crippen LogP contribution in [0.15, 0.2) is 18.2 Å². The summed E-state index contributed by atoms with van der Waals surface area (Å²) in [7, 11) is 0. The van der Waals surface area contributed by atoms with Crippen LogP contribution in [0.2, 0.25) is 5.02 Å². The maximum Gasteiger partial charge on any atom is 0.258 e. The van der Waals surface area contributed by atoms with E-state index in [-0.39, 0.29) is 25.2 Å². The maximum absolute atomic E-state index is 11.9. The van der Waals surface area contributed by atoms with Crippen LogP contribution in [-0.4, -0.2) is 30.3 Å². The van der Waals surface area contributed by atoms with Gasteiger partial charge in [-0.05, 0) is 62.3 Å². The molecule has 21 heavy (non-hydrogen) atoms. The first-order valence-corrected chi connectivity index (χ1v) is 7.75. The molecule has 0 bridgehead atoms. The molecule has 0 saturated heterocycles. The molecule has 0 aliphatic heterocycles. The minimum absolute atomic E-state index is 0.0163. The lowest BCUT2D eigenvalue weighted by molar-refractivity contribution is -0.124. The van der Waals surface area contributed by atoms with Crippen LogP contribution in [0.3, 0.4) is 0 Å². The summed E-state index contributed by atoms with van der Waals surface area (Å²) in [6, 6.07) is 5.54. The van der Waals surface area contributed by atoms with E-state index in [9.17, 15) is 4.79 Å². The molecule has 5 heteroatoms. The van der Waals surface area contributed by atoms with Crippen molar-refractivity contribution in [1.29, 1.82) is 0 Å². The zero-order valence-corrected chi connectivity index (χ0v) is 13.0. The van der Waals surface area contributed by atoms with Crippen LogP contribution in [0.1, 0.15) is 31.2 Å². The minimum Gasteiger partial charge on any atom is -0.484 e. The van der Waals surface area contributed by atoms with Gasteiger partial charge in [0.2, 0.25) is 0 Å². The molecule has 0 spiro atoms. The lowest BCUT2D eigenvalue weighted by atomic mass is 9.86. The summed E-state index contributed by atoms with van der Waals surface area (Å²) >= 11 is 5.88. The molecule has 1 aromatic rings. The number of carbonyl (C=O) groups is 1. The van der Waals surface area contributed by atoms with Gasteiger partial charge in [0.1, 0.15) is 5.75 Å². The Balaban J connectivity index is 1.75. The molecule has 2 N–H and O–H groups in total. The largest absolute Gasteiger partial charge is 0.484 e. The SMILES string of the molecule is Cc1cc(Cl)ccc1OCC(=O)NC1CCC(CO)CC1. The Morgan fingerprint density at radius 1 is 1.38 bits per heavy atom. The van der Waals surface area contributed by atoms with Crippen molar-refractivity contribution in [2.75, 3.05) is 13.2 Å². The standard InChI is InChI=1S/C16H22ClNO3/c1-11-8-13(17)4-7-15(11)21-10-16(20)18-14-5-2-12(9-19)3-6-14/h4,7-8,12,14,19H,2-3,5-6,9-10H2,1H3,(H,18,20). The van der Waals surface area contributed by atoms with Crippen molar-refractivity contribution >= 4 is 17.5 Å². The number of aliphatic hydroxyl groups excluding tert-OH is 1. The Labute approximate surface area is 130 Å². The lowest BCUT2D eigenvalue weighted by Crippen LogP contribution is -2.40. The van der Waals surface area contributed by atoms with Gasteiger partial charge in [-0.15, -0.1) is 0 Å². The monoisotopic (exact) mass is 311 g/mol. The molecule has 0 heterocycles. The number of aliphatic hydroxyl groups is 1. The van der Waals surface area contributed by atoms with Gasteiger partial charge in [0, 0.05) is 17.7 Å². The van der Waals surface area contributed by atoms with Crippen molar-refractivity contribution in [3.05, 3.63) is 28.8 Å². The molecule has 2 rings (SSSR count). The molecule has 116 valence electrons. The predicted molar refractivity (Wildman–Crippen MR) is 82.7 cm³/mol. The third-order valence-electron chi connectivity index (χ3n) is 3.97. The molecule has 0 radical (unpaired) electrons. The summed E-state index contributed by atoms with van der Waals surface area (Å²) in [6.07, 6.45) is 3.80. The van der Waals surface area contributed by atoms with Crippen LogP contribution < -0.4 is 10.1 Å². The minimum atomic E-state index is -0.100. The van der Waals surface area contributed by atoms with E-state index in [2.05, 4.69) is 5.32 Å². The fourth-order valence-corrected chi connectivity index (χ4v) is 2.90. The van der Waals surface area contributed by atoms with Gasteiger partial charge in [0.15, 0.2) is 6.61 Å². The highest BCUT2D eigenvalue weighted by atomic mass is 35.5. The molecule has 1 aliphatic rings. The van der Waals surface area contributed by atoms with E-state index in [0.29, 0.717) is 16.7 Å². The van der Waals surface area contributed by atoms with Gasteiger partial charge in [0.25, 0.3) is 5.91 Å². The van der Waals surface area contributed by atoms with Gasteiger partial charge in [-0.25, -0.2) is 0 Å². The van der Waals surface area contributed by atoms with Gasteiger partial charge in [-0.2, -0.15) is 0 Å². The van der Waals surface area contributed by atoms with E-state index in [1.165, 1.54) is 0 Å². The highest BCUT2D eigenvalue weighted by Crippen LogP contribution is 2.24. The van der Waals surface area contributed by atoms with Crippen molar-refractivity contribution in [3.63, 3.8) is 0 Å². The first-order chi connectivity index (χ1) is 10.1. The van der Waals surface area contributed by atoms with E-state index < -0.39 is 0 Å². The van der Waals surface area contributed by atoms with E-state index in [1.54, 1.807) is 12.1 Å². The molecule has 4 nitrogen and oxygen atoms in total. The smallest absolute Gasteiger partial charge is 0.258 e. The number of hydrogen-bond acceptors (Lipinski definition) is 3. The van der Waals surface area contributed by atoms with E-state index in [4.69, 9.17) is 21.4 Å². The molecule has 0 atom stereocenters. The van der Waals surface area contributed by atoms with Crippen LogP contribution in [-0.2, 0) is 4.79 Å². The number of benzene rings is 1. The molecule has 0 aromatic heterocycles. The van der Waals surface area contributed by atoms with Crippen LogP contribution in [0, 0.1) is 12.8 Å². The highest BCUT2D eigenvalue weighted by Gasteiger charge is 2.21. The Hall–Kier alpha value is -1.26. The molecule has 1 amide bonds. The summed E-state index contributed by atoms with van der Waals surface area (Å²) < 4.78 is 5.53. The number of ether oxygens (including phenoxy) is 1. The lowest BCUT2D eigenvalue weighted by Gasteiger charge is -2.27. The Bertz CT molecular complexity index is 484. The molecule has 1 aromatic carbocycles. The summed E-state index contributed by atoms with van der Waals surface area (Å²) in [5, 5.41) is 12.7. The quantitative estimate of drug-likeness (QED) is 0.879. The van der Waals surface area contributed by atoms with Crippen LogP contribution in [0.25, 0.3) is 0 Å². The molecule has 1 aliphatic carbocycles. The number of amides is 1. The zero-order chi connectivity index (χ0) is 15.2. The number of rotatable bonds is 5. The number of halogens is 1. The van der Waals surface area contributed by atoms with Gasteiger partial charge in [-0.3, -0.25) is 4.79 Å². The van der Waals surface area contributed by atoms with Crippen molar-refractivity contribution in [2.45, 2.75) is 38.6 Å². The van der Waals surface area contributed by atoms with E-state index in [0.717, 1.165) is 31.2 Å². The van der Waals surface area contributed by atoms with Crippen LogP contribution in [0.5, 0.6) is 5.75 Å². The Kier molecular flexibility index (Phi) is 5.88. The average Bonchev–Trinajstić information content (AvgIpc) is 2.47. The fraction of sp³-hybridized carbons (Fsp3) is 0.562. The second-order valence-corrected chi connectivity index (χ2v) is 6.10. The topological polar surface area (TPSA) is 58.6 Å². The maximum atomic E-state index is 11.9. The van der Waals surface area contributed by atoms with Crippen LogP contribution >= 0.6 is 11.6 Å². The first kappa shape index (κ1) is 16.1. The fourth-order valence-electron chi connectivity index (χ4n) is 2.68. The average molecular weight is 312 g/mol. The van der Waals surface area contributed by atoms with Crippen LogP contribution in [0.4, 0.5) is 0 Å². The first-order valence-electron chi connectivity index (χ1n) is 7.37. The summed E-state index contributed by atoms with van der Waals surface area (Å²) in [5.74, 6) is 0.974. The zero-order valence-electron chi connectivity index (χ0n) is 12.3. The summed E-state index contributed by atoms with van der Waals surface area (Å²) in [6.45, 7) is 2.16. The highest BCUT2D eigenvalue weighted by molar-refractivity contribution is 6.30. The van der Waals surface area contributed by atoms with Gasteiger partial charge >= 0.3 is 0 Å². The summed E-state index contributed by atoms with van der Waals surface area (Å²) in [5.41, 5.74) is 0.916. The van der Waals surface area contributed by atoms with Gasteiger partial charge < -0.3 is 15.2 Å².